The van der Waals surface area contributed by atoms with Crippen LogP contribution >= 0.6 is 12.4 Å². The fourth-order valence-corrected chi connectivity index (χ4v) is 1.88. The SMILES string of the molecule is COc1cccc(F)c1C(C)NC(=O)[C@@H](N)C(C)(C)C.Cl. The highest BCUT2D eigenvalue weighted by Crippen LogP contribution is 2.28. The van der Waals surface area contributed by atoms with E-state index < -0.39 is 17.9 Å². The maximum Gasteiger partial charge on any atom is 0.237 e. The zero-order valence-electron chi connectivity index (χ0n) is 13.1. The fourth-order valence-electron chi connectivity index (χ4n) is 1.88. The van der Waals surface area contributed by atoms with E-state index in [1.807, 2.05) is 20.8 Å². The molecule has 0 aliphatic carbocycles. The van der Waals surface area contributed by atoms with Crippen molar-refractivity contribution in [2.75, 3.05) is 7.11 Å². The van der Waals surface area contributed by atoms with E-state index in [9.17, 15) is 9.18 Å². The van der Waals surface area contributed by atoms with Gasteiger partial charge in [-0.1, -0.05) is 26.8 Å². The molecule has 0 heterocycles. The van der Waals surface area contributed by atoms with Gasteiger partial charge in [0.1, 0.15) is 11.6 Å². The van der Waals surface area contributed by atoms with Gasteiger partial charge in [0.2, 0.25) is 5.91 Å². The summed E-state index contributed by atoms with van der Waals surface area (Å²) in [5.74, 6) is -0.320. The van der Waals surface area contributed by atoms with E-state index >= 15 is 0 Å². The van der Waals surface area contributed by atoms with Crippen LogP contribution in [0.2, 0.25) is 0 Å². The largest absolute Gasteiger partial charge is 0.496 e. The average molecular weight is 319 g/mol. The first-order valence-electron chi connectivity index (χ1n) is 6.56. The number of hydrogen-bond donors (Lipinski definition) is 2. The molecule has 1 unspecified atom stereocenters. The molecular weight excluding hydrogens is 295 g/mol. The van der Waals surface area contributed by atoms with Crippen molar-refractivity contribution < 1.29 is 13.9 Å². The molecule has 0 spiro atoms. The zero-order chi connectivity index (χ0) is 15.5. The van der Waals surface area contributed by atoms with Crippen LogP contribution in [0.15, 0.2) is 18.2 Å². The molecule has 0 fully saturated rings. The van der Waals surface area contributed by atoms with Crippen molar-refractivity contribution in [3.8, 4) is 5.75 Å². The summed E-state index contributed by atoms with van der Waals surface area (Å²) in [6, 6.07) is 3.37. The number of amides is 1. The summed E-state index contributed by atoms with van der Waals surface area (Å²) in [5, 5.41) is 2.73. The summed E-state index contributed by atoms with van der Waals surface area (Å²) < 4.78 is 19.0. The molecular formula is C15H24ClFN2O2. The molecule has 1 amide bonds. The molecule has 0 saturated carbocycles. The Morgan fingerprint density at radius 2 is 1.95 bits per heavy atom. The first-order valence-corrected chi connectivity index (χ1v) is 6.56. The lowest BCUT2D eigenvalue weighted by atomic mass is 9.86. The van der Waals surface area contributed by atoms with Gasteiger partial charge >= 0.3 is 0 Å². The van der Waals surface area contributed by atoms with Crippen molar-refractivity contribution in [3.63, 3.8) is 0 Å². The summed E-state index contributed by atoms with van der Waals surface area (Å²) in [6.45, 7) is 7.34. The Morgan fingerprint density at radius 1 is 1.38 bits per heavy atom. The van der Waals surface area contributed by atoms with Crippen LogP contribution in [0, 0.1) is 11.2 Å². The van der Waals surface area contributed by atoms with Gasteiger partial charge in [-0.05, 0) is 24.5 Å². The van der Waals surface area contributed by atoms with Crippen molar-refractivity contribution in [2.45, 2.75) is 39.8 Å². The Bertz CT molecular complexity index is 489. The predicted molar refractivity (Wildman–Crippen MR) is 84.2 cm³/mol. The van der Waals surface area contributed by atoms with E-state index in [2.05, 4.69) is 5.32 Å². The minimum Gasteiger partial charge on any atom is -0.496 e. The van der Waals surface area contributed by atoms with Crippen LogP contribution in [0.1, 0.15) is 39.3 Å². The van der Waals surface area contributed by atoms with Gasteiger partial charge in [0.05, 0.1) is 24.8 Å². The first kappa shape index (κ1) is 19.7. The molecule has 0 aliphatic heterocycles. The highest BCUT2D eigenvalue weighted by molar-refractivity contribution is 5.85. The van der Waals surface area contributed by atoms with Crippen molar-refractivity contribution >= 4 is 18.3 Å². The quantitative estimate of drug-likeness (QED) is 0.897. The first-order chi connectivity index (χ1) is 9.18. The molecule has 1 aromatic rings. The third-order valence-corrected chi connectivity index (χ3v) is 3.24. The molecule has 0 aromatic heterocycles. The maximum atomic E-state index is 13.9. The number of benzene rings is 1. The fraction of sp³-hybridized carbons (Fsp3) is 0.533. The lowest BCUT2D eigenvalue weighted by Gasteiger charge is -2.28. The number of carbonyl (C=O) groups excluding carboxylic acids is 1. The smallest absolute Gasteiger partial charge is 0.237 e. The Labute approximate surface area is 131 Å². The lowest BCUT2D eigenvalue weighted by Crippen LogP contribution is -2.49. The molecule has 4 nitrogen and oxygen atoms in total. The van der Waals surface area contributed by atoms with E-state index in [1.165, 1.54) is 13.2 Å². The number of rotatable bonds is 4. The van der Waals surface area contributed by atoms with Crippen LogP contribution in [0.4, 0.5) is 4.39 Å². The maximum absolute atomic E-state index is 13.9. The predicted octanol–water partition coefficient (Wildman–Crippen LogP) is 2.81. The second kappa shape index (κ2) is 7.61. The van der Waals surface area contributed by atoms with Crippen LogP contribution in [-0.2, 0) is 4.79 Å². The third-order valence-electron chi connectivity index (χ3n) is 3.24. The highest BCUT2D eigenvalue weighted by Gasteiger charge is 2.29. The molecule has 2 atom stereocenters. The molecule has 0 saturated heterocycles. The summed E-state index contributed by atoms with van der Waals surface area (Å²) >= 11 is 0. The van der Waals surface area contributed by atoms with Crippen LogP contribution < -0.4 is 15.8 Å². The number of hydrogen-bond acceptors (Lipinski definition) is 3. The van der Waals surface area contributed by atoms with Crippen LogP contribution in [0.25, 0.3) is 0 Å². The van der Waals surface area contributed by atoms with E-state index in [0.29, 0.717) is 11.3 Å². The Morgan fingerprint density at radius 3 is 2.43 bits per heavy atom. The summed E-state index contributed by atoms with van der Waals surface area (Å²) in [4.78, 5) is 12.1. The third kappa shape index (κ3) is 4.86. The second-order valence-corrected chi connectivity index (χ2v) is 5.93. The van der Waals surface area contributed by atoms with Crippen molar-refractivity contribution in [1.29, 1.82) is 0 Å². The normalized spacial score (nSPS) is 13.9. The minimum atomic E-state index is -0.664. The van der Waals surface area contributed by atoms with Gasteiger partial charge < -0.3 is 15.8 Å². The van der Waals surface area contributed by atoms with Gasteiger partial charge in [0.15, 0.2) is 0 Å². The van der Waals surface area contributed by atoms with Gasteiger partial charge in [0.25, 0.3) is 0 Å². The number of ether oxygens (including phenoxy) is 1. The molecule has 0 radical (unpaired) electrons. The van der Waals surface area contributed by atoms with E-state index in [-0.39, 0.29) is 23.7 Å². The monoisotopic (exact) mass is 318 g/mol. The number of nitrogens with one attached hydrogen (secondary N) is 1. The van der Waals surface area contributed by atoms with E-state index in [4.69, 9.17) is 10.5 Å². The van der Waals surface area contributed by atoms with Crippen LogP contribution in [0.5, 0.6) is 5.75 Å². The summed E-state index contributed by atoms with van der Waals surface area (Å²) in [5.41, 5.74) is 5.86. The van der Waals surface area contributed by atoms with Gasteiger partial charge in [-0.15, -0.1) is 12.4 Å². The number of nitrogens with two attached hydrogens (primary N) is 1. The standard InChI is InChI=1S/C15H23FN2O2.ClH/c1-9(18-14(19)13(17)15(2,3)4)12-10(16)7-6-8-11(12)20-5;/h6-9,13H,17H2,1-5H3,(H,18,19);1H/t9?,13-;/m1./s1. The summed E-state index contributed by atoms with van der Waals surface area (Å²) in [6.07, 6.45) is 0. The second-order valence-electron chi connectivity index (χ2n) is 5.93. The van der Waals surface area contributed by atoms with Crippen LogP contribution in [0.3, 0.4) is 0 Å². The molecule has 21 heavy (non-hydrogen) atoms. The Balaban J connectivity index is 0.00000400. The Hall–Kier alpha value is -1.33. The average Bonchev–Trinajstić information content (AvgIpc) is 2.35. The van der Waals surface area contributed by atoms with Crippen molar-refractivity contribution in [2.24, 2.45) is 11.1 Å². The molecule has 0 aliphatic rings. The highest BCUT2D eigenvalue weighted by atomic mass is 35.5. The van der Waals surface area contributed by atoms with Gasteiger partial charge in [-0.2, -0.15) is 0 Å². The molecule has 0 bridgehead atoms. The molecule has 120 valence electrons. The number of methoxy groups -OCH3 is 1. The minimum absolute atomic E-state index is 0. The van der Waals surface area contributed by atoms with Crippen molar-refractivity contribution in [3.05, 3.63) is 29.6 Å². The zero-order valence-corrected chi connectivity index (χ0v) is 13.9. The topological polar surface area (TPSA) is 64.3 Å². The van der Waals surface area contributed by atoms with E-state index in [0.717, 1.165) is 0 Å². The lowest BCUT2D eigenvalue weighted by molar-refractivity contribution is -0.125. The molecule has 3 N–H and O–H groups in total. The van der Waals surface area contributed by atoms with E-state index in [1.54, 1.807) is 19.1 Å². The number of carbonyl (C=O) groups is 1. The molecule has 1 rings (SSSR count). The summed E-state index contributed by atoms with van der Waals surface area (Å²) in [7, 11) is 1.47. The molecule has 6 heteroatoms. The van der Waals surface area contributed by atoms with Gasteiger partial charge in [-0.25, -0.2) is 4.39 Å². The number of halogens is 2. The van der Waals surface area contributed by atoms with Crippen LogP contribution in [-0.4, -0.2) is 19.1 Å². The molecule has 1 aromatic carbocycles. The van der Waals surface area contributed by atoms with Gasteiger partial charge in [-0.3, -0.25) is 4.79 Å². The van der Waals surface area contributed by atoms with Gasteiger partial charge in [0, 0.05) is 0 Å². The van der Waals surface area contributed by atoms with Crippen molar-refractivity contribution in [1.82, 2.24) is 5.32 Å². The Kier molecular flexibility index (Phi) is 7.13.